The summed E-state index contributed by atoms with van der Waals surface area (Å²) in [7, 11) is 0. The van der Waals surface area contributed by atoms with Gasteiger partial charge in [-0.3, -0.25) is 4.79 Å². The van der Waals surface area contributed by atoms with Gasteiger partial charge in [-0.05, 0) is 24.6 Å². The maximum Gasteiger partial charge on any atom is 0.223 e. The fraction of sp³-hybridized carbons (Fsp3) is 0.818. The van der Waals surface area contributed by atoms with E-state index in [-0.39, 0.29) is 11.2 Å². The first-order chi connectivity index (χ1) is 7.24. The number of hydrogen-bond donors (Lipinski definition) is 0. The monoisotopic (exact) mass is 226 g/mol. The van der Waals surface area contributed by atoms with Gasteiger partial charge in [-0.2, -0.15) is 5.26 Å². The Labute approximate surface area is 95.8 Å². The van der Waals surface area contributed by atoms with Crippen molar-refractivity contribution < 1.29 is 4.79 Å². The van der Waals surface area contributed by atoms with Gasteiger partial charge >= 0.3 is 0 Å². The molecule has 0 aromatic carbocycles. The Morgan fingerprint density at radius 2 is 2.00 bits per heavy atom. The van der Waals surface area contributed by atoms with Crippen LogP contribution in [0.3, 0.4) is 0 Å². The molecule has 1 heterocycles. The summed E-state index contributed by atoms with van der Waals surface area (Å²) in [6.07, 6.45) is 5.24. The molecule has 1 rings (SSSR count). The van der Waals surface area contributed by atoms with Crippen LogP contribution in [0.15, 0.2) is 0 Å². The lowest BCUT2D eigenvalue weighted by atomic mass is 10.2. The topological polar surface area (TPSA) is 44.1 Å². The minimum atomic E-state index is 0.116. The van der Waals surface area contributed by atoms with E-state index in [4.69, 9.17) is 5.26 Å². The number of carbonyl (C=O) groups is 1. The molecule has 0 radical (unpaired) electrons. The largest absolute Gasteiger partial charge is 0.343 e. The molecule has 1 unspecified atom stereocenters. The molecule has 0 aromatic rings. The minimum Gasteiger partial charge on any atom is -0.343 e. The molecule has 1 aliphatic heterocycles. The van der Waals surface area contributed by atoms with E-state index in [0.29, 0.717) is 6.42 Å². The van der Waals surface area contributed by atoms with E-state index in [2.05, 4.69) is 0 Å². The molecule has 3 nitrogen and oxygen atoms in total. The maximum atomic E-state index is 11.8. The number of nitriles is 1. The molecule has 1 aliphatic rings. The molecule has 1 amide bonds. The summed E-state index contributed by atoms with van der Waals surface area (Å²) in [5, 5.41) is 10.6. The first-order valence-corrected chi connectivity index (χ1v) is 6.44. The molecule has 0 N–H and O–H groups in total. The number of thioether (sulfide) groups is 1. The highest BCUT2D eigenvalue weighted by molar-refractivity contribution is 8.04. The molecule has 0 spiro atoms. The van der Waals surface area contributed by atoms with Crippen molar-refractivity contribution in [2.75, 3.05) is 13.1 Å². The van der Waals surface area contributed by atoms with Crippen molar-refractivity contribution in [2.45, 2.75) is 44.3 Å². The Morgan fingerprint density at radius 1 is 1.40 bits per heavy atom. The van der Waals surface area contributed by atoms with Gasteiger partial charge in [-0.25, -0.2) is 0 Å². The smallest absolute Gasteiger partial charge is 0.223 e. The number of thiocyanates is 1. The highest BCUT2D eigenvalue weighted by Gasteiger charge is 2.17. The quantitative estimate of drug-likeness (QED) is 0.694. The lowest BCUT2D eigenvalue weighted by molar-refractivity contribution is -0.131. The Hall–Kier alpha value is -0.690. The van der Waals surface area contributed by atoms with Gasteiger partial charge in [0.1, 0.15) is 5.40 Å². The van der Waals surface area contributed by atoms with Crippen LogP contribution in [0.4, 0.5) is 0 Å². The van der Waals surface area contributed by atoms with Gasteiger partial charge < -0.3 is 4.90 Å². The van der Waals surface area contributed by atoms with Crippen LogP contribution in [0.1, 0.15) is 39.0 Å². The van der Waals surface area contributed by atoms with Crippen LogP contribution in [0.25, 0.3) is 0 Å². The average Bonchev–Trinajstić information content (AvgIpc) is 2.45. The summed E-state index contributed by atoms with van der Waals surface area (Å²) in [6, 6.07) is 0. The summed E-state index contributed by atoms with van der Waals surface area (Å²) >= 11 is 1.19. The Balaban J connectivity index is 2.34. The van der Waals surface area contributed by atoms with Gasteiger partial charge in [0.25, 0.3) is 0 Å². The highest BCUT2D eigenvalue weighted by atomic mass is 32.2. The summed E-state index contributed by atoms with van der Waals surface area (Å²) < 4.78 is 0. The first kappa shape index (κ1) is 12.4. The molecule has 1 fully saturated rings. The summed E-state index contributed by atoms with van der Waals surface area (Å²) in [5.74, 6) is 0.215. The van der Waals surface area contributed by atoms with Crippen molar-refractivity contribution in [3.8, 4) is 5.40 Å². The lowest BCUT2D eigenvalue weighted by Crippen LogP contribution is -2.33. The standard InChI is InChI=1S/C11H18N2OS/c1-10(15-9-12)8-11(14)13-6-4-2-3-5-7-13/h10H,2-8H2,1H3. The Kier molecular flexibility index (Phi) is 5.56. The molecule has 4 heteroatoms. The number of nitrogens with zero attached hydrogens (tertiary/aromatic N) is 2. The first-order valence-electron chi connectivity index (χ1n) is 5.56. The second-order valence-corrected chi connectivity index (χ2v) is 5.24. The predicted molar refractivity (Wildman–Crippen MR) is 62.3 cm³/mol. The number of hydrogen-bond acceptors (Lipinski definition) is 3. The zero-order valence-corrected chi connectivity index (χ0v) is 10.1. The molecule has 1 saturated heterocycles. The van der Waals surface area contributed by atoms with Gasteiger partial charge in [0.15, 0.2) is 0 Å². The number of likely N-dealkylation sites (tertiary alicyclic amines) is 1. The van der Waals surface area contributed by atoms with Gasteiger partial charge in [0.05, 0.1) is 0 Å². The van der Waals surface area contributed by atoms with Crippen molar-refractivity contribution in [1.82, 2.24) is 4.90 Å². The summed E-state index contributed by atoms with van der Waals surface area (Å²) in [6.45, 7) is 3.75. The second-order valence-electron chi connectivity index (χ2n) is 4.02. The molecular formula is C11H18N2OS. The molecule has 1 atom stereocenters. The van der Waals surface area contributed by atoms with Crippen LogP contribution in [-0.4, -0.2) is 29.1 Å². The number of rotatable bonds is 3. The van der Waals surface area contributed by atoms with E-state index >= 15 is 0 Å². The van der Waals surface area contributed by atoms with Gasteiger partial charge in [-0.1, -0.05) is 19.8 Å². The molecule has 84 valence electrons. The third-order valence-electron chi connectivity index (χ3n) is 2.67. The van der Waals surface area contributed by atoms with Gasteiger partial charge in [0, 0.05) is 24.8 Å². The molecule has 15 heavy (non-hydrogen) atoms. The summed E-state index contributed by atoms with van der Waals surface area (Å²) in [5.41, 5.74) is 0. The van der Waals surface area contributed by atoms with Crippen LogP contribution < -0.4 is 0 Å². The van der Waals surface area contributed by atoms with E-state index in [0.717, 1.165) is 25.9 Å². The van der Waals surface area contributed by atoms with Crippen LogP contribution in [-0.2, 0) is 4.79 Å². The second kappa shape index (κ2) is 6.73. The van der Waals surface area contributed by atoms with Crippen molar-refractivity contribution in [2.24, 2.45) is 0 Å². The zero-order valence-electron chi connectivity index (χ0n) is 9.24. The molecule has 0 aliphatic carbocycles. The Bertz CT molecular complexity index is 241. The van der Waals surface area contributed by atoms with Crippen molar-refractivity contribution in [1.29, 1.82) is 5.26 Å². The minimum absolute atomic E-state index is 0.116. The lowest BCUT2D eigenvalue weighted by Gasteiger charge is -2.21. The van der Waals surface area contributed by atoms with Gasteiger partial charge in [0.2, 0.25) is 5.91 Å². The average molecular weight is 226 g/mol. The van der Waals surface area contributed by atoms with Gasteiger partial charge in [-0.15, -0.1) is 0 Å². The fourth-order valence-corrected chi connectivity index (χ4v) is 2.23. The third-order valence-corrected chi connectivity index (χ3v) is 3.35. The highest BCUT2D eigenvalue weighted by Crippen LogP contribution is 2.16. The van der Waals surface area contributed by atoms with E-state index in [9.17, 15) is 4.79 Å². The van der Waals surface area contributed by atoms with Crippen LogP contribution >= 0.6 is 11.8 Å². The van der Waals surface area contributed by atoms with Crippen molar-refractivity contribution in [3.63, 3.8) is 0 Å². The number of amides is 1. The predicted octanol–water partition coefficient (Wildman–Crippen LogP) is 2.38. The van der Waals surface area contributed by atoms with E-state index in [1.165, 1.54) is 24.6 Å². The molecule has 0 aromatic heterocycles. The van der Waals surface area contributed by atoms with Crippen LogP contribution in [0.2, 0.25) is 0 Å². The van der Waals surface area contributed by atoms with E-state index in [1.807, 2.05) is 17.2 Å². The maximum absolute atomic E-state index is 11.8. The van der Waals surface area contributed by atoms with Crippen molar-refractivity contribution in [3.05, 3.63) is 0 Å². The molecular weight excluding hydrogens is 208 g/mol. The van der Waals surface area contributed by atoms with E-state index in [1.54, 1.807) is 0 Å². The summed E-state index contributed by atoms with van der Waals surface area (Å²) in [4.78, 5) is 13.8. The van der Waals surface area contributed by atoms with Crippen LogP contribution in [0, 0.1) is 10.7 Å². The number of carbonyl (C=O) groups excluding carboxylic acids is 1. The SMILES string of the molecule is CC(CC(=O)N1CCCCCC1)SC#N. The van der Waals surface area contributed by atoms with Crippen LogP contribution in [0.5, 0.6) is 0 Å². The normalized spacial score (nSPS) is 19.1. The fourth-order valence-electron chi connectivity index (χ4n) is 1.83. The van der Waals surface area contributed by atoms with E-state index < -0.39 is 0 Å². The zero-order chi connectivity index (χ0) is 11.1. The Morgan fingerprint density at radius 3 is 2.53 bits per heavy atom. The third kappa shape index (κ3) is 4.57. The van der Waals surface area contributed by atoms with Crippen molar-refractivity contribution >= 4 is 17.7 Å². The molecule has 0 saturated carbocycles. The molecule has 0 bridgehead atoms.